The number of rotatable bonds is 5. The Labute approximate surface area is 123 Å². The predicted molar refractivity (Wildman–Crippen MR) is 80.2 cm³/mol. The Hall–Kier alpha value is -2.11. The lowest BCUT2D eigenvalue weighted by Gasteiger charge is -2.24. The molecule has 2 heterocycles. The number of carbonyl (C=O) groups is 1. The van der Waals surface area contributed by atoms with Crippen molar-refractivity contribution in [3.63, 3.8) is 0 Å². The summed E-state index contributed by atoms with van der Waals surface area (Å²) in [4.78, 5) is 39.9. The van der Waals surface area contributed by atoms with Crippen molar-refractivity contribution in [1.29, 1.82) is 0 Å². The van der Waals surface area contributed by atoms with Gasteiger partial charge in [0.15, 0.2) is 0 Å². The minimum atomic E-state index is -0.472. The summed E-state index contributed by atoms with van der Waals surface area (Å²) in [5, 5.41) is 0. The van der Waals surface area contributed by atoms with Gasteiger partial charge in [0, 0.05) is 25.4 Å². The van der Waals surface area contributed by atoms with E-state index in [4.69, 9.17) is 0 Å². The molecule has 0 saturated heterocycles. The lowest BCUT2D eigenvalue weighted by Crippen LogP contribution is -2.40. The number of nitrogens with zero attached hydrogens (tertiary/aromatic N) is 2. The molecule has 1 aromatic rings. The van der Waals surface area contributed by atoms with Crippen molar-refractivity contribution in [1.82, 2.24) is 14.5 Å². The fraction of sp³-hybridized carbons (Fsp3) is 0.533. The van der Waals surface area contributed by atoms with Gasteiger partial charge in [-0.15, -0.1) is 0 Å². The molecular weight excluding hydrogens is 270 g/mol. The van der Waals surface area contributed by atoms with Crippen LogP contribution in [0.1, 0.15) is 31.7 Å². The fourth-order valence-corrected chi connectivity index (χ4v) is 2.53. The smallest absolute Gasteiger partial charge is 0.328 e. The van der Waals surface area contributed by atoms with E-state index in [1.54, 1.807) is 4.90 Å². The molecule has 0 radical (unpaired) electrons. The summed E-state index contributed by atoms with van der Waals surface area (Å²) in [5.74, 6) is -0.0785. The molecule has 1 amide bonds. The number of unbranched alkanes of at least 4 members (excludes halogenated alkanes) is 1. The second-order valence-corrected chi connectivity index (χ2v) is 5.34. The van der Waals surface area contributed by atoms with E-state index in [0.29, 0.717) is 12.1 Å². The van der Waals surface area contributed by atoms with Gasteiger partial charge < -0.3 is 9.88 Å². The third-order valence-electron chi connectivity index (χ3n) is 3.83. The van der Waals surface area contributed by atoms with Crippen molar-refractivity contribution in [3.05, 3.63) is 44.8 Å². The Bertz CT molecular complexity index is 657. The van der Waals surface area contributed by atoms with Gasteiger partial charge in [-0.2, -0.15) is 0 Å². The second kappa shape index (κ2) is 6.56. The van der Waals surface area contributed by atoms with Crippen molar-refractivity contribution >= 4 is 5.91 Å². The Morgan fingerprint density at radius 3 is 2.90 bits per heavy atom. The lowest BCUT2D eigenvalue weighted by molar-refractivity contribution is -0.131. The largest absolute Gasteiger partial charge is 0.332 e. The van der Waals surface area contributed by atoms with Crippen LogP contribution in [0.5, 0.6) is 0 Å². The van der Waals surface area contributed by atoms with E-state index in [1.807, 2.05) is 6.08 Å². The molecule has 0 unspecified atom stereocenters. The van der Waals surface area contributed by atoms with Gasteiger partial charge in [0.1, 0.15) is 0 Å². The minimum Gasteiger partial charge on any atom is -0.332 e. The summed E-state index contributed by atoms with van der Waals surface area (Å²) >= 11 is 0. The quantitative estimate of drug-likeness (QED) is 0.806. The SMILES string of the molecule is CCCC[C@@H]1C=CCN1C(=O)Cc1c[nH]c(=O)n(C)c1=O. The summed E-state index contributed by atoms with van der Waals surface area (Å²) < 4.78 is 0.986. The first-order valence-corrected chi connectivity index (χ1v) is 7.28. The molecule has 0 bridgehead atoms. The Balaban J connectivity index is 2.10. The number of hydrogen-bond acceptors (Lipinski definition) is 3. The van der Waals surface area contributed by atoms with E-state index in [-0.39, 0.29) is 18.4 Å². The van der Waals surface area contributed by atoms with Gasteiger partial charge in [0.2, 0.25) is 5.91 Å². The van der Waals surface area contributed by atoms with Crippen molar-refractivity contribution in [3.8, 4) is 0 Å². The van der Waals surface area contributed by atoms with Crippen molar-refractivity contribution in [2.75, 3.05) is 6.54 Å². The van der Waals surface area contributed by atoms with Gasteiger partial charge in [-0.3, -0.25) is 14.2 Å². The summed E-state index contributed by atoms with van der Waals surface area (Å²) in [6.45, 7) is 2.71. The third kappa shape index (κ3) is 3.32. The first-order chi connectivity index (χ1) is 10.0. The van der Waals surface area contributed by atoms with Gasteiger partial charge in [0.05, 0.1) is 12.5 Å². The number of hydrogen-bond donors (Lipinski definition) is 1. The van der Waals surface area contributed by atoms with Crippen LogP contribution in [0, 0.1) is 0 Å². The molecule has 6 heteroatoms. The molecule has 0 saturated carbocycles. The highest BCUT2D eigenvalue weighted by Crippen LogP contribution is 2.17. The van der Waals surface area contributed by atoms with Crippen LogP contribution in [0.4, 0.5) is 0 Å². The monoisotopic (exact) mass is 291 g/mol. The maximum Gasteiger partial charge on any atom is 0.328 e. The number of nitrogens with one attached hydrogen (secondary N) is 1. The van der Waals surface area contributed by atoms with Gasteiger partial charge in [0.25, 0.3) is 5.56 Å². The van der Waals surface area contributed by atoms with E-state index in [1.165, 1.54) is 13.2 Å². The number of amides is 1. The van der Waals surface area contributed by atoms with Crippen LogP contribution in [0.3, 0.4) is 0 Å². The number of H-pyrrole nitrogens is 1. The van der Waals surface area contributed by atoms with Crippen LogP contribution in [0.25, 0.3) is 0 Å². The Morgan fingerprint density at radius 1 is 1.43 bits per heavy atom. The van der Waals surface area contributed by atoms with Crippen molar-refractivity contribution < 1.29 is 4.79 Å². The van der Waals surface area contributed by atoms with Crippen LogP contribution < -0.4 is 11.2 Å². The van der Waals surface area contributed by atoms with Gasteiger partial charge in [-0.1, -0.05) is 31.9 Å². The zero-order valence-electron chi connectivity index (χ0n) is 12.5. The normalized spacial score (nSPS) is 17.4. The fourth-order valence-electron chi connectivity index (χ4n) is 2.53. The second-order valence-electron chi connectivity index (χ2n) is 5.34. The molecule has 1 atom stereocenters. The highest BCUT2D eigenvalue weighted by Gasteiger charge is 2.24. The van der Waals surface area contributed by atoms with Gasteiger partial charge >= 0.3 is 5.69 Å². The number of aromatic amines is 1. The summed E-state index contributed by atoms with van der Waals surface area (Å²) in [7, 11) is 1.40. The highest BCUT2D eigenvalue weighted by molar-refractivity contribution is 5.79. The molecule has 21 heavy (non-hydrogen) atoms. The average molecular weight is 291 g/mol. The van der Waals surface area contributed by atoms with E-state index in [2.05, 4.69) is 18.0 Å². The Kier molecular flexibility index (Phi) is 4.77. The molecular formula is C15H21N3O3. The summed E-state index contributed by atoms with van der Waals surface area (Å²) in [6.07, 6.45) is 8.51. The molecule has 1 N–H and O–H groups in total. The molecule has 2 rings (SSSR count). The molecule has 6 nitrogen and oxygen atoms in total. The van der Waals surface area contributed by atoms with Gasteiger partial charge in [-0.25, -0.2) is 4.79 Å². The van der Waals surface area contributed by atoms with E-state index in [0.717, 1.165) is 23.8 Å². The van der Waals surface area contributed by atoms with Crippen LogP contribution in [0.15, 0.2) is 27.9 Å². The summed E-state index contributed by atoms with van der Waals surface area (Å²) in [6, 6.07) is 0.129. The molecule has 0 fully saturated rings. The van der Waals surface area contributed by atoms with Crippen LogP contribution in [-0.4, -0.2) is 32.9 Å². The molecule has 1 aromatic heterocycles. The first kappa shape index (κ1) is 15.3. The third-order valence-corrected chi connectivity index (χ3v) is 3.83. The van der Waals surface area contributed by atoms with E-state index in [9.17, 15) is 14.4 Å². The van der Waals surface area contributed by atoms with Crippen LogP contribution >= 0.6 is 0 Å². The molecule has 1 aliphatic heterocycles. The topological polar surface area (TPSA) is 75.2 Å². The maximum atomic E-state index is 12.4. The lowest BCUT2D eigenvalue weighted by atomic mass is 10.1. The predicted octanol–water partition coefficient (Wildman–Crippen LogP) is 0.573. The Morgan fingerprint density at radius 2 is 2.19 bits per heavy atom. The number of carbonyl (C=O) groups excluding carboxylic acids is 1. The minimum absolute atomic E-state index is 0.0216. The zero-order valence-corrected chi connectivity index (χ0v) is 12.5. The van der Waals surface area contributed by atoms with E-state index < -0.39 is 11.2 Å². The molecule has 1 aliphatic rings. The van der Waals surface area contributed by atoms with Crippen LogP contribution in [0.2, 0.25) is 0 Å². The molecule has 0 aromatic carbocycles. The van der Waals surface area contributed by atoms with Crippen molar-refractivity contribution in [2.24, 2.45) is 7.05 Å². The summed E-state index contributed by atoms with van der Waals surface area (Å²) in [5.41, 5.74) is -0.563. The van der Waals surface area contributed by atoms with Crippen molar-refractivity contribution in [2.45, 2.75) is 38.6 Å². The molecule has 114 valence electrons. The zero-order chi connectivity index (χ0) is 15.4. The maximum absolute atomic E-state index is 12.4. The van der Waals surface area contributed by atoms with Crippen LogP contribution in [-0.2, 0) is 18.3 Å². The molecule has 0 spiro atoms. The number of aromatic nitrogens is 2. The van der Waals surface area contributed by atoms with E-state index >= 15 is 0 Å². The first-order valence-electron chi connectivity index (χ1n) is 7.28. The highest BCUT2D eigenvalue weighted by atomic mass is 16.2. The molecule has 0 aliphatic carbocycles. The van der Waals surface area contributed by atoms with Gasteiger partial charge in [-0.05, 0) is 6.42 Å². The standard InChI is InChI=1S/C15H21N3O3/c1-3-4-6-12-7-5-8-18(12)13(19)9-11-10-16-15(21)17(2)14(11)20/h5,7,10,12H,3-4,6,8-9H2,1-2H3,(H,16,21)/t12-/m1/s1. The average Bonchev–Trinajstić information content (AvgIpc) is 2.94.